The summed E-state index contributed by atoms with van der Waals surface area (Å²) >= 11 is 0. The first kappa shape index (κ1) is 10.7. The van der Waals surface area contributed by atoms with Gasteiger partial charge in [-0.25, -0.2) is 0 Å². The topological polar surface area (TPSA) is 29.5 Å². The molecule has 2 unspecified atom stereocenters. The lowest BCUT2D eigenvalue weighted by molar-refractivity contribution is -0.00263. The number of benzene rings is 1. The van der Waals surface area contributed by atoms with Crippen LogP contribution in [0.4, 0.5) is 0 Å². The van der Waals surface area contributed by atoms with Crippen molar-refractivity contribution in [2.45, 2.75) is 38.9 Å². The Morgan fingerprint density at radius 2 is 1.93 bits per heavy atom. The summed E-state index contributed by atoms with van der Waals surface area (Å²) in [5.74, 6) is 0. The van der Waals surface area contributed by atoms with Crippen LogP contribution in [0.15, 0.2) is 18.2 Å². The first-order chi connectivity index (χ1) is 7.16. The van der Waals surface area contributed by atoms with Gasteiger partial charge in [-0.1, -0.05) is 29.3 Å². The summed E-state index contributed by atoms with van der Waals surface area (Å²) in [4.78, 5) is 0. The second-order valence-corrected chi connectivity index (χ2v) is 4.42. The molecule has 1 N–H and O–H groups in total. The first-order valence-electron chi connectivity index (χ1n) is 5.54. The van der Waals surface area contributed by atoms with Crippen LogP contribution in [0.5, 0.6) is 0 Å². The predicted molar refractivity (Wildman–Crippen MR) is 59.8 cm³/mol. The molecule has 0 bridgehead atoms. The highest BCUT2D eigenvalue weighted by Crippen LogP contribution is 2.27. The lowest BCUT2D eigenvalue weighted by Gasteiger charge is -2.18. The number of hydrogen-bond acceptors (Lipinski definition) is 2. The molecule has 1 saturated heterocycles. The number of aliphatic hydroxyl groups excluding tert-OH is 1. The van der Waals surface area contributed by atoms with E-state index in [0.717, 1.165) is 25.0 Å². The molecule has 2 heteroatoms. The van der Waals surface area contributed by atoms with Gasteiger partial charge in [-0.2, -0.15) is 0 Å². The maximum Gasteiger partial charge on any atom is 0.105 e. The Morgan fingerprint density at radius 3 is 2.47 bits per heavy atom. The molecule has 1 aliphatic heterocycles. The van der Waals surface area contributed by atoms with Crippen molar-refractivity contribution in [3.05, 3.63) is 34.9 Å². The normalized spacial score (nSPS) is 23.0. The Hall–Kier alpha value is -0.860. The molecule has 0 amide bonds. The van der Waals surface area contributed by atoms with Crippen molar-refractivity contribution in [2.24, 2.45) is 0 Å². The Balaban J connectivity index is 2.20. The van der Waals surface area contributed by atoms with Crippen LogP contribution in [-0.4, -0.2) is 17.8 Å². The van der Waals surface area contributed by atoms with E-state index >= 15 is 0 Å². The number of ether oxygens (including phenoxy) is 1. The van der Waals surface area contributed by atoms with Crippen LogP contribution in [0.1, 0.15) is 35.6 Å². The third-order valence-corrected chi connectivity index (χ3v) is 2.90. The van der Waals surface area contributed by atoms with E-state index in [9.17, 15) is 5.11 Å². The SMILES string of the molecule is Cc1cc(C)cc(C(O)C2CCCO2)c1. The molecular formula is C13H18O2. The number of rotatable bonds is 2. The van der Waals surface area contributed by atoms with Gasteiger partial charge in [-0.05, 0) is 32.3 Å². The average Bonchev–Trinajstić information content (AvgIpc) is 2.67. The van der Waals surface area contributed by atoms with Gasteiger partial charge in [0.25, 0.3) is 0 Å². The molecule has 0 saturated carbocycles. The quantitative estimate of drug-likeness (QED) is 0.805. The van der Waals surface area contributed by atoms with Gasteiger partial charge < -0.3 is 9.84 Å². The van der Waals surface area contributed by atoms with E-state index in [0.29, 0.717) is 0 Å². The molecule has 2 nitrogen and oxygen atoms in total. The first-order valence-corrected chi connectivity index (χ1v) is 5.54. The fraction of sp³-hybridized carbons (Fsp3) is 0.538. The zero-order chi connectivity index (χ0) is 10.8. The lowest BCUT2D eigenvalue weighted by Crippen LogP contribution is -2.17. The van der Waals surface area contributed by atoms with Gasteiger partial charge in [-0.15, -0.1) is 0 Å². The van der Waals surface area contributed by atoms with E-state index in [-0.39, 0.29) is 6.10 Å². The van der Waals surface area contributed by atoms with Gasteiger partial charge in [0.05, 0.1) is 6.10 Å². The Labute approximate surface area is 90.9 Å². The Bertz CT molecular complexity index is 320. The third kappa shape index (κ3) is 2.39. The van der Waals surface area contributed by atoms with E-state index < -0.39 is 6.10 Å². The molecule has 0 spiro atoms. The van der Waals surface area contributed by atoms with Gasteiger partial charge >= 0.3 is 0 Å². The average molecular weight is 206 g/mol. The summed E-state index contributed by atoms with van der Waals surface area (Å²) in [6, 6.07) is 6.20. The Morgan fingerprint density at radius 1 is 1.27 bits per heavy atom. The van der Waals surface area contributed by atoms with E-state index in [4.69, 9.17) is 4.74 Å². The van der Waals surface area contributed by atoms with Crippen LogP contribution >= 0.6 is 0 Å². The van der Waals surface area contributed by atoms with Crippen LogP contribution in [-0.2, 0) is 4.74 Å². The van der Waals surface area contributed by atoms with Crippen molar-refractivity contribution in [3.8, 4) is 0 Å². The van der Waals surface area contributed by atoms with Crippen molar-refractivity contribution in [2.75, 3.05) is 6.61 Å². The van der Waals surface area contributed by atoms with Crippen LogP contribution in [0.2, 0.25) is 0 Å². The molecule has 0 aromatic heterocycles. The molecular weight excluding hydrogens is 188 g/mol. The molecule has 1 fully saturated rings. The highest BCUT2D eigenvalue weighted by Gasteiger charge is 2.25. The molecule has 82 valence electrons. The monoisotopic (exact) mass is 206 g/mol. The van der Waals surface area contributed by atoms with Gasteiger partial charge in [0.15, 0.2) is 0 Å². The minimum Gasteiger partial charge on any atom is -0.386 e. The summed E-state index contributed by atoms with van der Waals surface area (Å²) in [5.41, 5.74) is 3.38. The summed E-state index contributed by atoms with van der Waals surface area (Å²) in [6.45, 7) is 4.89. The molecule has 1 aliphatic rings. The second kappa shape index (κ2) is 4.33. The summed E-state index contributed by atoms with van der Waals surface area (Å²) in [5, 5.41) is 10.1. The van der Waals surface area contributed by atoms with E-state index in [1.807, 2.05) is 12.1 Å². The van der Waals surface area contributed by atoms with Crippen molar-refractivity contribution < 1.29 is 9.84 Å². The molecule has 2 atom stereocenters. The third-order valence-electron chi connectivity index (χ3n) is 2.90. The number of aryl methyl sites for hydroxylation is 2. The van der Waals surface area contributed by atoms with E-state index in [1.165, 1.54) is 11.1 Å². The minimum atomic E-state index is -0.467. The standard InChI is InChI=1S/C13H18O2/c1-9-6-10(2)8-11(7-9)13(14)12-4-3-5-15-12/h6-8,12-14H,3-5H2,1-2H3. The summed E-state index contributed by atoms with van der Waals surface area (Å²) in [7, 11) is 0. The maximum absolute atomic E-state index is 10.1. The van der Waals surface area contributed by atoms with Crippen LogP contribution in [0.3, 0.4) is 0 Å². The Kier molecular flexibility index (Phi) is 3.08. The molecule has 15 heavy (non-hydrogen) atoms. The molecule has 1 heterocycles. The number of aliphatic hydroxyl groups is 1. The van der Waals surface area contributed by atoms with E-state index in [2.05, 4.69) is 19.9 Å². The van der Waals surface area contributed by atoms with Gasteiger partial charge in [0, 0.05) is 6.61 Å². The van der Waals surface area contributed by atoms with Crippen LogP contribution < -0.4 is 0 Å². The van der Waals surface area contributed by atoms with Crippen molar-refractivity contribution in [1.82, 2.24) is 0 Å². The van der Waals surface area contributed by atoms with Gasteiger partial charge in [-0.3, -0.25) is 0 Å². The fourth-order valence-corrected chi connectivity index (χ4v) is 2.25. The van der Waals surface area contributed by atoms with Crippen LogP contribution in [0, 0.1) is 13.8 Å². The zero-order valence-corrected chi connectivity index (χ0v) is 9.36. The highest BCUT2D eigenvalue weighted by molar-refractivity contribution is 5.30. The minimum absolute atomic E-state index is 0.00815. The molecule has 1 aromatic rings. The second-order valence-electron chi connectivity index (χ2n) is 4.42. The van der Waals surface area contributed by atoms with Crippen molar-refractivity contribution in [3.63, 3.8) is 0 Å². The smallest absolute Gasteiger partial charge is 0.105 e. The molecule has 2 rings (SSSR count). The summed E-state index contributed by atoms with van der Waals surface area (Å²) in [6.07, 6.45) is 1.55. The van der Waals surface area contributed by atoms with Gasteiger partial charge in [0.2, 0.25) is 0 Å². The summed E-state index contributed by atoms with van der Waals surface area (Å²) < 4.78 is 5.50. The fourth-order valence-electron chi connectivity index (χ4n) is 2.25. The zero-order valence-electron chi connectivity index (χ0n) is 9.36. The lowest BCUT2D eigenvalue weighted by atomic mass is 9.98. The van der Waals surface area contributed by atoms with Gasteiger partial charge in [0.1, 0.15) is 6.10 Å². The molecule has 1 aromatic carbocycles. The van der Waals surface area contributed by atoms with E-state index in [1.54, 1.807) is 0 Å². The van der Waals surface area contributed by atoms with Crippen molar-refractivity contribution in [1.29, 1.82) is 0 Å². The number of hydrogen-bond donors (Lipinski definition) is 1. The predicted octanol–water partition coefficient (Wildman–Crippen LogP) is 2.52. The highest BCUT2D eigenvalue weighted by atomic mass is 16.5. The van der Waals surface area contributed by atoms with Crippen LogP contribution in [0.25, 0.3) is 0 Å². The van der Waals surface area contributed by atoms with Crippen molar-refractivity contribution >= 4 is 0 Å². The maximum atomic E-state index is 10.1. The largest absolute Gasteiger partial charge is 0.386 e. The molecule has 0 aliphatic carbocycles. The molecule has 0 radical (unpaired) electrons.